The molecule has 0 spiro atoms. The van der Waals surface area contributed by atoms with Gasteiger partial charge in [0, 0.05) is 48.0 Å². The molecule has 0 aliphatic carbocycles. The van der Waals surface area contributed by atoms with Crippen molar-refractivity contribution in [2.75, 3.05) is 0 Å². The third kappa shape index (κ3) is 2.88. The second-order valence-electron chi connectivity index (χ2n) is 6.58. The number of hydrogen-bond acceptors (Lipinski definition) is 6. The fourth-order valence-corrected chi connectivity index (χ4v) is 5.22. The molecule has 0 atom stereocenters. The lowest BCUT2D eigenvalue weighted by Crippen LogP contribution is -1.99. The van der Waals surface area contributed by atoms with E-state index in [1.807, 2.05) is 42.1 Å². The van der Waals surface area contributed by atoms with Crippen molar-refractivity contribution < 1.29 is 14.6 Å². The van der Waals surface area contributed by atoms with E-state index in [-0.39, 0.29) is 0 Å². The van der Waals surface area contributed by atoms with E-state index < -0.39 is 5.97 Å². The molecule has 29 heavy (non-hydrogen) atoms. The van der Waals surface area contributed by atoms with Crippen molar-refractivity contribution in [2.24, 2.45) is 7.05 Å². The molecule has 0 fully saturated rings. The summed E-state index contributed by atoms with van der Waals surface area (Å²) in [4.78, 5) is 21.5. The predicted octanol–water partition coefficient (Wildman–Crippen LogP) is 5.71. The normalized spacial score (nSPS) is 11.4. The van der Waals surface area contributed by atoms with E-state index in [9.17, 15) is 9.90 Å². The molecule has 5 aromatic rings. The number of fused-ring (bicyclic) bond motifs is 2. The van der Waals surface area contributed by atoms with Gasteiger partial charge in [-0.1, -0.05) is 0 Å². The van der Waals surface area contributed by atoms with Crippen LogP contribution in [-0.2, 0) is 7.05 Å². The van der Waals surface area contributed by atoms with E-state index in [0.717, 1.165) is 25.6 Å². The third-order valence-corrected chi connectivity index (χ3v) is 7.01. The number of pyridine rings is 1. The predicted molar refractivity (Wildman–Crippen MR) is 115 cm³/mol. The molecule has 0 aliphatic heterocycles. The van der Waals surface area contributed by atoms with E-state index in [1.165, 1.54) is 0 Å². The van der Waals surface area contributed by atoms with Gasteiger partial charge in [0.2, 0.25) is 0 Å². The Kier molecular flexibility index (Phi) is 4.11. The van der Waals surface area contributed by atoms with Crippen molar-refractivity contribution >= 4 is 49.8 Å². The van der Waals surface area contributed by atoms with Gasteiger partial charge in [0.05, 0.1) is 26.2 Å². The van der Waals surface area contributed by atoms with E-state index in [1.54, 1.807) is 47.2 Å². The topological polar surface area (TPSA) is 77.2 Å². The molecular weight excluding hydrogens is 406 g/mol. The summed E-state index contributed by atoms with van der Waals surface area (Å²) >= 11 is 3.19. The lowest BCUT2D eigenvalue weighted by molar-refractivity contribution is 0.0698. The summed E-state index contributed by atoms with van der Waals surface area (Å²) in [6.07, 6.45) is 3.52. The summed E-state index contributed by atoms with van der Waals surface area (Å²) in [5, 5.41) is 13.1. The molecule has 144 valence electrons. The third-order valence-electron chi connectivity index (χ3n) is 4.93. The van der Waals surface area contributed by atoms with Crippen molar-refractivity contribution in [1.82, 2.24) is 14.5 Å². The number of ether oxygens (including phenoxy) is 1. The highest BCUT2D eigenvalue weighted by molar-refractivity contribution is 7.25. The van der Waals surface area contributed by atoms with Crippen LogP contribution in [0.15, 0.2) is 48.1 Å². The van der Waals surface area contributed by atoms with Crippen LogP contribution < -0.4 is 4.74 Å². The van der Waals surface area contributed by atoms with Crippen LogP contribution in [0.25, 0.3) is 31.0 Å². The molecule has 0 bridgehead atoms. The first kappa shape index (κ1) is 17.8. The number of aromatic nitrogens is 3. The Bertz CT molecular complexity index is 1380. The fraction of sp³-hybridized carbons (Fsp3) is 0.0952. The average Bonchev–Trinajstić information content (AvgIpc) is 3.42. The van der Waals surface area contributed by atoms with Crippen LogP contribution in [0.4, 0.5) is 0 Å². The Morgan fingerprint density at radius 2 is 2.03 bits per heavy atom. The molecule has 0 unspecified atom stereocenters. The zero-order valence-corrected chi connectivity index (χ0v) is 17.2. The second-order valence-corrected chi connectivity index (χ2v) is 8.52. The summed E-state index contributed by atoms with van der Waals surface area (Å²) in [5.41, 5.74) is 2.72. The highest BCUT2D eigenvalue weighted by Gasteiger charge is 2.19. The highest BCUT2D eigenvalue weighted by atomic mass is 32.1. The van der Waals surface area contributed by atoms with E-state index in [2.05, 4.69) is 9.97 Å². The maximum absolute atomic E-state index is 11.6. The first-order chi connectivity index (χ1) is 14.0. The standard InChI is InChI=1S/C21H15N3O3S2/c1-11-18(21(25)26)13-4-3-12(9-15(13)24(11)2)27-16-5-6-22-14-10-17(29-19(14)16)20-23-7-8-28-20/h3-10H,1-2H3,(H,25,26). The van der Waals surface area contributed by atoms with Crippen LogP contribution in [0.1, 0.15) is 16.1 Å². The molecule has 0 aliphatic rings. The zero-order valence-electron chi connectivity index (χ0n) is 15.5. The van der Waals surface area contributed by atoms with Crippen LogP contribution >= 0.6 is 22.7 Å². The number of benzene rings is 1. The lowest BCUT2D eigenvalue weighted by Gasteiger charge is -2.07. The quantitative estimate of drug-likeness (QED) is 0.402. The van der Waals surface area contributed by atoms with Gasteiger partial charge in [-0.05, 0) is 25.1 Å². The maximum atomic E-state index is 11.6. The largest absolute Gasteiger partial charge is 0.478 e. The SMILES string of the molecule is Cc1c(C(=O)O)c2ccc(Oc3ccnc4cc(-c5nccs5)sc34)cc2n1C. The van der Waals surface area contributed by atoms with Crippen molar-refractivity contribution in [2.45, 2.75) is 6.92 Å². The van der Waals surface area contributed by atoms with Crippen molar-refractivity contribution in [3.05, 3.63) is 59.4 Å². The minimum atomic E-state index is -0.925. The smallest absolute Gasteiger partial charge is 0.338 e. The number of thiophene rings is 1. The van der Waals surface area contributed by atoms with Crippen LogP contribution in [0.2, 0.25) is 0 Å². The number of nitrogens with zero attached hydrogens (tertiary/aromatic N) is 3. The number of carboxylic acids is 1. The molecule has 1 N–H and O–H groups in total. The molecule has 6 nitrogen and oxygen atoms in total. The van der Waals surface area contributed by atoms with Crippen molar-refractivity contribution in [3.63, 3.8) is 0 Å². The van der Waals surface area contributed by atoms with Gasteiger partial charge in [-0.15, -0.1) is 22.7 Å². The van der Waals surface area contributed by atoms with Crippen LogP contribution in [0.5, 0.6) is 11.5 Å². The molecule has 4 heterocycles. The number of aromatic carboxylic acids is 1. The minimum Gasteiger partial charge on any atom is -0.478 e. The number of aryl methyl sites for hydroxylation is 1. The number of carboxylic acid groups (broad SMARTS) is 1. The summed E-state index contributed by atoms with van der Waals surface area (Å²) in [6, 6.07) is 9.34. The summed E-state index contributed by atoms with van der Waals surface area (Å²) < 4.78 is 9.01. The van der Waals surface area contributed by atoms with Crippen LogP contribution in [0, 0.1) is 6.92 Å². The fourth-order valence-electron chi connectivity index (χ4n) is 3.45. The van der Waals surface area contributed by atoms with E-state index >= 15 is 0 Å². The molecule has 8 heteroatoms. The Balaban J connectivity index is 1.58. The van der Waals surface area contributed by atoms with Crippen molar-refractivity contribution in [1.29, 1.82) is 0 Å². The maximum Gasteiger partial charge on any atom is 0.338 e. The van der Waals surface area contributed by atoms with Gasteiger partial charge in [-0.3, -0.25) is 4.98 Å². The Morgan fingerprint density at radius 1 is 1.17 bits per heavy atom. The Hall–Kier alpha value is -3.23. The first-order valence-corrected chi connectivity index (χ1v) is 10.5. The highest BCUT2D eigenvalue weighted by Crippen LogP contribution is 2.40. The van der Waals surface area contributed by atoms with Crippen LogP contribution in [-0.4, -0.2) is 25.6 Å². The Labute approximate surface area is 173 Å². The molecule has 5 rings (SSSR count). The number of thiazole rings is 1. The molecule has 0 saturated heterocycles. The Morgan fingerprint density at radius 3 is 2.79 bits per heavy atom. The van der Waals surface area contributed by atoms with Gasteiger partial charge in [0.15, 0.2) is 0 Å². The average molecular weight is 422 g/mol. The van der Waals surface area contributed by atoms with Gasteiger partial charge >= 0.3 is 5.97 Å². The molecule has 1 aromatic carbocycles. The molecule has 4 aromatic heterocycles. The lowest BCUT2D eigenvalue weighted by atomic mass is 10.1. The number of hydrogen-bond donors (Lipinski definition) is 1. The van der Waals surface area contributed by atoms with E-state index in [0.29, 0.717) is 28.1 Å². The van der Waals surface area contributed by atoms with Crippen LogP contribution in [0.3, 0.4) is 0 Å². The van der Waals surface area contributed by atoms with Gasteiger partial charge in [-0.2, -0.15) is 0 Å². The minimum absolute atomic E-state index is 0.326. The molecular formula is C21H15N3O3S2. The molecule has 0 radical (unpaired) electrons. The summed E-state index contributed by atoms with van der Waals surface area (Å²) in [7, 11) is 1.86. The van der Waals surface area contributed by atoms with E-state index in [4.69, 9.17) is 4.74 Å². The van der Waals surface area contributed by atoms with Crippen molar-refractivity contribution in [3.8, 4) is 21.4 Å². The number of carbonyl (C=O) groups is 1. The van der Waals surface area contributed by atoms with Gasteiger partial charge in [0.25, 0.3) is 0 Å². The van der Waals surface area contributed by atoms with Gasteiger partial charge in [-0.25, -0.2) is 9.78 Å². The van der Waals surface area contributed by atoms with Gasteiger partial charge < -0.3 is 14.4 Å². The summed E-state index contributed by atoms with van der Waals surface area (Å²) in [6.45, 7) is 1.81. The first-order valence-electron chi connectivity index (χ1n) is 8.81. The number of rotatable bonds is 4. The van der Waals surface area contributed by atoms with Gasteiger partial charge in [0.1, 0.15) is 16.5 Å². The second kappa shape index (κ2) is 6.68. The zero-order chi connectivity index (χ0) is 20.1. The molecule has 0 amide bonds. The summed E-state index contributed by atoms with van der Waals surface area (Å²) in [5.74, 6) is 0.434. The molecule has 0 saturated carbocycles. The monoisotopic (exact) mass is 421 g/mol.